The highest BCUT2D eigenvalue weighted by Crippen LogP contribution is 2.24. The molecule has 0 amide bonds. The highest BCUT2D eigenvalue weighted by atomic mass is 16.3. The predicted octanol–water partition coefficient (Wildman–Crippen LogP) is 4.80. The van der Waals surface area contributed by atoms with Crippen LogP contribution in [0.5, 0.6) is 0 Å². The van der Waals surface area contributed by atoms with Crippen molar-refractivity contribution in [3.8, 4) is 0 Å². The van der Waals surface area contributed by atoms with E-state index in [4.69, 9.17) is 4.42 Å². The van der Waals surface area contributed by atoms with Gasteiger partial charge in [0.25, 0.3) is 0 Å². The first-order chi connectivity index (χ1) is 12.2. The fraction of sp³-hybridized carbons (Fsp3) is 0.136. The second-order valence-corrected chi connectivity index (χ2v) is 6.24. The fourth-order valence-corrected chi connectivity index (χ4v) is 3.23. The van der Waals surface area contributed by atoms with Crippen molar-refractivity contribution in [1.82, 2.24) is 5.32 Å². The molecule has 0 bridgehead atoms. The van der Waals surface area contributed by atoms with E-state index in [9.17, 15) is 4.79 Å². The van der Waals surface area contributed by atoms with Crippen LogP contribution < -0.4 is 10.7 Å². The molecule has 0 aliphatic rings. The van der Waals surface area contributed by atoms with Crippen LogP contribution in [-0.2, 0) is 6.54 Å². The van der Waals surface area contributed by atoms with Gasteiger partial charge in [0.05, 0.1) is 11.9 Å². The Bertz CT molecular complexity index is 1090. The van der Waals surface area contributed by atoms with Gasteiger partial charge >= 0.3 is 0 Å². The Hall–Kier alpha value is -2.91. The third-order valence-electron chi connectivity index (χ3n) is 4.56. The van der Waals surface area contributed by atoms with Gasteiger partial charge < -0.3 is 9.73 Å². The van der Waals surface area contributed by atoms with E-state index in [-0.39, 0.29) is 11.5 Å². The van der Waals surface area contributed by atoms with E-state index in [2.05, 4.69) is 48.6 Å². The smallest absolute Gasteiger partial charge is 0.192 e. The van der Waals surface area contributed by atoms with Crippen LogP contribution >= 0.6 is 0 Å². The van der Waals surface area contributed by atoms with Gasteiger partial charge in [0.2, 0.25) is 0 Å². The van der Waals surface area contributed by atoms with Crippen LogP contribution in [0.3, 0.4) is 0 Å². The van der Waals surface area contributed by atoms with E-state index < -0.39 is 0 Å². The van der Waals surface area contributed by atoms with Gasteiger partial charge in [-0.3, -0.25) is 4.79 Å². The lowest BCUT2D eigenvalue weighted by Gasteiger charge is -2.16. The summed E-state index contributed by atoms with van der Waals surface area (Å²) in [5.41, 5.74) is 1.86. The van der Waals surface area contributed by atoms with Crippen molar-refractivity contribution >= 4 is 21.7 Å². The normalized spacial score (nSPS) is 12.5. The van der Waals surface area contributed by atoms with Crippen LogP contribution in [0.15, 0.2) is 82.0 Å². The minimum absolute atomic E-state index is 0.00327. The average molecular weight is 329 g/mol. The summed E-state index contributed by atoms with van der Waals surface area (Å²) < 4.78 is 5.85. The molecule has 0 fully saturated rings. The molecule has 25 heavy (non-hydrogen) atoms. The Morgan fingerprint density at radius 2 is 1.64 bits per heavy atom. The molecule has 0 aliphatic carbocycles. The van der Waals surface area contributed by atoms with Crippen molar-refractivity contribution in [3.05, 3.63) is 94.3 Å². The summed E-state index contributed by atoms with van der Waals surface area (Å²) in [6, 6.07) is 23.7. The summed E-state index contributed by atoms with van der Waals surface area (Å²) in [6.07, 6.45) is 0. The minimum atomic E-state index is -0.00327. The summed E-state index contributed by atoms with van der Waals surface area (Å²) in [6.45, 7) is 2.63. The lowest BCUT2D eigenvalue weighted by Crippen LogP contribution is -2.19. The lowest BCUT2D eigenvalue weighted by molar-refractivity contribution is 0.475. The average Bonchev–Trinajstić information content (AvgIpc) is 2.66. The molecule has 3 heteroatoms. The molecule has 3 nitrogen and oxygen atoms in total. The van der Waals surface area contributed by atoms with E-state index in [1.807, 2.05) is 24.3 Å². The Morgan fingerprint density at radius 1 is 0.920 bits per heavy atom. The zero-order valence-electron chi connectivity index (χ0n) is 14.0. The minimum Gasteiger partial charge on any atom is -0.459 e. The zero-order chi connectivity index (χ0) is 17.2. The van der Waals surface area contributed by atoms with Crippen molar-refractivity contribution in [2.75, 3.05) is 0 Å². The first-order valence-corrected chi connectivity index (χ1v) is 8.45. The Morgan fingerprint density at radius 3 is 2.52 bits per heavy atom. The number of nitrogens with one attached hydrogen (secondary N) is 1. The molecule has 124 valence electrons. The van der Waals surface area contributed by atoms with E-state index in [1.54, 1.807) is 12.1 Å². The molecule has 0 saturated heterocycles. The molecule has 1 aromatic heterocycles. The van der Waals surface area contributed by atoms with Gasteiger partial charge in [-0.1, -0.05) is 54.6 Å². The van der Waals surface area contributed by atoms with Crippen LogP contribution in [0, 0.1) is 0 Å². The maximum absolute atomic E-state index is 12.2. The second-order valence-electron chi connectivity index (χ2n) is 6.24. The molecule has 4 aromatic rings. The maximum atomic E-state index is 12.2. The van der Waals surface area contributed by atoms with E-state index >= 15 is 0 Å². The van der Waals surface area contributed by atoms with E-state index in [0.29, 0.717) is 23.3 Å². The number of rotatable bonds is 4. The molecule has 1 unspecified atom stereocenters. The van der Waals surface area contributed by atoms with Gasteiger partial charge in [-0.05, 0) is 35.4 Å². The molecule has 0 spiro atoms. The SMILES string of the molecule is CC(NCc1cc(=O)c2ccccc2o1)c1cccc2ccccc12. The third-order valence-corrected chi connectivity index (χ3v) is 4.56. The summed E-state index contributed by atoms with van der Waals surface area (Å²) in [7, 11) is 0. The maximum Gasteiger partial charge on any atom is 0.192 e. The van der Waals surface area contributed by atoms with Gasteiger partial charge in [0, 0.05) is 12.1 Å². The quantitative estimate of drug-likeness (QED) is 0.585. The molecule has 1 atom stereocenters. The van der Waals surface area contributed by atoms with Gasteiger partial charge in [0.15, 0.2) is 5.43 Å². The van der Waals surface area contributed by atoms with Crippen molar-refractivity contribution in [3.63, 3.8) is 0 Å². The summed E-state index contributed by atoms with van der Waals surface area (Å²) in [5.74, 6) is 0.649. The molecule has 3 aromatic carbocycles. The first kappa shape index (κ1) is 15.6. The molecule has 0 aliphatic heterocycles. The van der Waals surface area contributed by atoms with Crippen LogP contribution in [0.2, 0.25) is 0 Å². The highest BCUT2D eigenvalue weighted by Gasteiger charge is 2.10. The second kappa shape index (κ2) is 6.54. The Balaban J connectivity index is 1.59. The van der Waals surface area contributed by atoms with Crippen molar-refractivity contribution < 1.29 is 4.42 Å². The van der Waals surface area contributed by atoms with E-state index in [1.165, 1.54) is 16.3 Å². The Labute approximate surface area is 145 Å². The Kier molecular flexibility index (Phi) is 4.08. The predicted molar refractivity (Wildman–Crippen MR) is 102 cm³/mol. The number of hydrogen-bond donors (Lipinski definition) is 1. The molecule has 0 radical (unpaired) electrons. The molecule has 1 N–H and O–H groups in total. The molecule has 0 saturated carbocycles. The van der Waals surface area contributed by atoms with Crippen molar-refractivity contribution in [2.24, 2.45) is 0 Å². The zero-order valence-corrected chi connectivity index (χ0v) is 14.0. The third kappa shape index (κ3) is 3.06. The van der Waals surface area contributed by atoms with Crippen LogP contribution in [0.1, 0.15) is 24.3 Å². The summed E-state index contributed by atoms with van der Waals surface area (Å²) in [5, 5.41) is 6.55. The van der Waals surface area contributed by atoms with Crippen LogP contribution in [0.25, 0.3) is 21.7 Å². The summed E-state index contributed by atoms with van der Waals surface area (Å²) >= 11 is 0. The fourth-order valence-electron chi connectivity index (χ4n) is 3.23. The van der Waals surface area contributed by atoms with Crippen molar-refractivity contribution in [1.29, 1.82) is 0 Å². The monoisotopic (exact) mass is 329 g/mol. The topological polar surface area (TPSA) is 42.2 Å². The molecule has 1 heterocycles. The summed E-state index contributed by atoms with van der Waals surface area (Å²) in [4.78, 5) is 12.2. The molecular formula is C22H19NO2. The molecule has 4 rings (SSSR count). The van der Waals surface area contributed by atoms with Crippen LogP contribution in [0.4, 0.5) is 0 Å². The van der Waals surface area contributed by atoms with Gasteiger partial charge in [-0.15, -0.1) is 0 Å². The largest absolute Gasteiger partial charge is 0.459 e. The standard InChI is InChI=1S/C22H19NO2/c1-15(18-11-6-8-16-7-2-3-9-19(16)18)23-14-17-13-21(24)20-10-4-5-12-22(20)25-17/h2-13,15,23H,14H2,1H3. The van der Waals surface area contributed by atoms with Gasteiger partial charge in [0.1, 0.15) is 11.3 Å². The first-order valence-electron chi connectivity index (χ1n) is 8.45. The highest BCUT2D eigenvalue weighted by molar-refractivity contribution is 5.86. The van der Waals surface area contributed by atoms with Gasteiger partial charge in [-0.25, -0.2) is 0 Å². The number of hydrogen-bond acceptors (Lipinski definition) is 3. The number of fused-ring (bicyclic) bond motifs is 2. The lowest BCUT2D eigenvalue weighted by atomic mass is 10.00. The number of benzene rings is 3. The molecular weight excluding hydrogens is 310 g/mol. The van der Waals surface area contributed by atoms with E-state index in [0.717, 1.165) is 0 Å². The van der Waals surface area contributed by atoms with Crippen molar-refractivity contribution in [2.45, 2.75) is 19.5 Å². The number of para-hydroxylation sites is 1. The van der Waals surface area contributed by atoms with Crippen LogP contribution in [-0.4, -0.2) is 0 Å². The van der Waals surface area contributed by atoms with Gasteiger partial charge in [-0.2, -0.15) is 0 Å².